The Balaban J connectivity index is 1.57. The zero-order valence-electron chi connectivity index (χ0n) is 11.1. The topological polar surface area (TPSA) is 32.7 Å². The molecule has 1 N–H and O–H groups in total. The van der Waals surface area contributed by atoms with E-state index in [1.807, 2.05) is 0 Å². The maximum atomic E-state index is 10.3. The molecule has 4 atom stereocenters. The second kappa shape index (κ2) is 4.22. The Kier molecular flexibility index (Phi) is 2.96. The van der Waals surface area contributed by atoms with E-state index in [1.54, 1.807) is 0 Å². The fraction of sp³-hybridized carbons (Fsp3) is 1.00. The molecule has 0 aromatic rings. The maximum absolute atomic E-state index is 10.3. The van der Waals surface area contributed by atoms with Gasteiger partial charge in [-0.3, -0.25) is 4.90 Å². The maximum Gasteiger partial charge on any atom is 0.0707 e. The van der Waals surface area contributed by atoms with E-state index in [0.717, 1.165) is 26.1 Å². The zero-order chi connectivity index (χ0) is 12.0. The molecule has 3 heteroatoms. The molecule has 3 fully saturated rings. The average Bonchev–Trinajstić information content (AvgIpc) is 2.73. The van der Waals surface area contributed by atoms with Gasteiger partial charge in [0.05, 0.1) is 18.3 Å². The Labute approximate surface area is 104 Å². The van der Waals surface area contributed by atoms with E-state index in [9.17, 15) is 5.11 Å². The lowest BCUT2D eigenvalue weighted by molar-refractivity contribution is -0.0513. The number of fused-ring (bicyclic) bond motifs is 2. The largest absolute Gasteiger partial charge is 0.392 e. The number of aliphatic hydroxyl groups is 1. The summed E-state index contributed by atoms with van der Waals surface area (Å²) in [6.07, 6.45) is 5.64. The quantitative estimate of drug-likeness (QED) is 0.795. The standard InChI is InChI=1S/C14H25NO2/c1-14(2)6-5-10(13(14)16)7-15-8-11-3-4-12(9-15)17-11/h10-13,16H,3-9H2,1-2H3. The molecule has 98 valence electrons. The number of ether oxygens (including phenoxy) is 1. The predicted molar refractivity (Wildman–Crippen MR) is 66.8 cm³/mol. The number of morpholine rings is 1. The van der Waals surface area contributed by atoms with E-state index in [-0.39, 0.29) is 11.5 Å². The molecule has 0 radical (unpaired) electrons. The van der Waals surface area contributed by atoms with Gasteiger partial charge in [0.15, 0.2) is 0 Å². The predicted octanol–water partition coefficient (Wildman–Crippen LogP) is 1.65. The van der Waals surface area contributed by atoms with E-state index in [0.29, 0.717) is 18.1 Å². The lowest BCUT2D eigenvalue weighted by Crippen LogP contribution is -2.46. The molecule has 3 rings (SSSR count). The highest BCUT2D eigenvalue weighted by Gasteiger charge is 2.42. The number of hydrogen-bond acceptors (Lipinski definition) is 3. The lowest BCUT2D eigenvalue weighted by Gasteiger charge is -2.35. The Bertz CT molecular complexity index is 280. The smallest absolute Gasteiger partial charge is 0.0707 e. The van der Waals surface area contributed by atoms with Crippen LogP contribution in [-0.2, 0) is 4.74 Å². The first-order chi connectivity index (χ1) is 8.04. The van der Waals surface area contributed by atoms with Gasteiger partial charge in [0.1, 0.15) is 0 Å². The highest BCUT2D eigenvalue weighted by Crippen LogP contribution is 2.42. The Hall–Kier alpha value is -0.120. The van der Waals surface area contributed by atoms with Crippen LogP contribution in [-0.4, -0.2) is 48.0 Å². The molecule has 0 amide bonds. The fourth-order valence-corrected chi connectivity index (χ4v) is 3.87. The summed E-state index contributed by atoms with van der Waals surface area (Å²) in [6, 6.07) is 0. The summed E-state index contributed by atoms with van der Waals surface area (Å²) in [5, 5.41) is 10.3. The highest BCUT2D eigenvalue weighted by atomic mass is 16.5. The van der Waals surface area contributed by atoms with Crippen LogP contribution in [0.15, 0.2) is 0 Å². The van der Waals surface area contributed by atoms with Gasteiger partial charge in [0.2, 0.25) is 0 Å². The van der Waals surface area contributed by atoms with Gasteiger partial charge in [0.25, 0.3) is 0 Å². The van der Waals surface area contributed by atoms with Crippen LogP contribution in [0.3, 0.4) is 0 Å². The van der Waals surface area contributed by atoms with E-state index in [4.69, 9.17) is 4.74 Å². The summed E-state index contributed by atoms with van der Waals surface area (Å²) in [7, 11) is 0. The van der Waals surface area contributed by atoms with Gasteiger partial charge in [-0.05, 0) is 37.0 Å². The molecule has 1 saturated carbocycles. The SMILES string of the molecule is CC1(C)CCC(CN2CC3CCC(C2)O3)C1O. The number of aliphatic hydroxyl groups excluding tert-OH is 1. The van der Waals surface area contributed by atoms with Gasteiger partial charge in [0, 0.05) is 19.6 Å². The molecule has 3 nitrogen and oxygen atoms in total. The van der Waals surface area contributed by atoms with Crippen molar-refractivity contribution in [3.8, 4) is 0 Å². The number of nitrogens with zero attached hydrogens (tertiary/aromatic N) is 1. The monoisotopic (exact) mass is 239 g/mol. The van der Waals surface area contributed by atoms with E-state index >= 15 is 0 Å². The number of likely N-dealkylation sites (tertiary alicyclic amines) is 1. The minimum Gasteiger partial charge on any atom is -0.392 e. The van der Waals surface area contributed by atoms with Crippen molar-refractivity contribution >= 4 is 0 Å². The van der Waals surface area contributed by atoms with Crippen LogP contribution in [0, 0.1) is 11.3 Å². The fourth-order valence-electron chi connectivity index (χ4n) is 3.87. The molecular formula is C14H25NO2. The first-order valence-electron chi connectivity index (χ1n) is 7.10. The molecule has 2 bridgehead atoms. The molecule has 0 aromatic carbocycles. The second-order valence-corrected chi connectivity index (χ2v) is 6.91. The summed E-state index contributed by atoms with van der Waals surface area (Å²) >= 11 is 0. The molecule has 2 aliphatic heterocycles. The van der Waals surface area contributed by atoms with E-state index in [2.05, 4.69) is 18.7 Å². The Morgan fingerprint density at radius 2 is 1.82 bits per heavy atom. The van der Waals surface area contributed by atoms with Gasteiger partial charge in [-0.1, -0.05) is 13.8 Å². The van der Waals surface area contributed by atoms with Crippen molar-refractivity contribution in [1.82, 2.24) is 4.90 Å². The first kappa shape index (κ1) is 11.9. The van der Waals surface area contributed by atoms with E-state index in [1.165, 1.54) is 19.3 Å². The lowest BCUT2D eigenvalue weighted by atomic mass is 9.87. The van der Waals surface area contributed by atoms with Gasteiger partial charge in [-0.25, -0.2) is 0 Å². The van der Waals surface area contributed by atoms with Crippen molar-refractivity contribution in [2.24, 2.45) is 11.3 Å². The molecule has 3 aliphatic rings. The van der Waals surface area contributed by atoms with Crippen LogP contribution in [0.4, 0.5) is 0 Å². The Morgan fingerprint density at radius 1 is 1.18 bits per heavy atom. The average molecular weight is 239 g/mol. The van der Waals surface area contributed by atoms with Crippen molar-refractivity contribution in [3.63, 3.8) is 0 Å². The molecular weight excluding hydrogens is 214 g/mol. The van der Waals surface area contributed by atoms with Gasteiger partial charge in [-0.2, -0.15) is 0 Å². The molecule has 4 unspecified atom stereocenters. The highest BCUT2D eigenvalue weighted by molar-refractivity contribution is 4.94. The molecule has 2 heterocycles. The van der Waals surface area contributed by atoms with Crippen molar-refractivity contribution < 1.29 is 9.84 Å². The van der Waals surface area contributed by atoms with Gasteiger partial charge < -0.3 is 9.84 Å². The van der Waals surface area contributed by atoms with Crippen molar-refractivity contribution in [3.05, 3.63) is 0 Å². The zero-order valence-corrected chi connectivity index (χ0v) is 11.1. The van der Waals surface area contributed by atoms with Crippen LogP contribution in [0.2, 0.25) is 0 Å². The molecule has 0 spiro atoms. The van der Waals surface area contributed by atoms with Gasteiger partial charge in [-0.15, -0.1) is 0 Å². The van der Waals surface area contributed by atoms with Gasteiger partial charge >= 0.3 is 0 Å². The second-order valence-electron chi connectivity index (χ2n) is 6.91. The Morgan fingerprint density at radius 3 is 2.35 bits per heavy atom. The first-order valence-corrected chi connectivity index (χ1v) is 7.10. The summed E-state index contributed by atoms with van der Waals surface area (Å²) in [6.45, 7) is 7.63. The van der Waals surface area contributed by atoms with Crippen LogP contribution in [0.5, 0.6) is 0 Å². The molecule has 0 aromatic heterocycles. The third kappa shape index (κ3) is 2.25. The normalized spacial score (nSPS) is 45.4. The molecule has 1 aliphatic carbocycles. The van der Waals surface area contributed by atoms with E-state index < -0.39 is 0 Å². The van der Waals surface area contributed by atoms with Crippen LogP contribution in [0.1, 0.15) is 39.5 Å². The third-order valence-corrected chi connectivity index (χ3v) is 5.02. The number of hydrogen-bond donors (Lipinski definition) is 1. The number of rotatable bonds is 2. The summed E-state index contributed by atoms with van der Waals surface area (Å²) in [5.41, 5.74) is 0.121. The minimum atomic E-state index is -0.122. The molecule has 17 heavy (non-hydrogen) atoms. The minimum absolute atomic E-state index is 0.121. The van der Waals surface area contributed by atoms with Crippen molar-refractivity contribution in [1.29, 1.82) is 0 Å². The third-order valence-electron chi connectivity index (χ3n) is 5.02. The van der Waals surface area contributed by atoms with Crippen LogP contribution >= 0.6 is 0 Å². The molecule has 2 saturated heterocycles. The summed E-state index contributed by atoms with van der Waals surface area (Å²) < 4.78 is 5.86. The van der Waals surface area contributed by atoms with Crippen LogP contribution < -0.4 is 0 Å². The van der Waals surface area contributed by atoms with Crippen LogP contribution in [0.25, 0.3) is 0 Å². The summed E-state index contributed by atoms with van der Waals surface area (Å²) in [4.78, 5) is 2.53. The summed E-state index contributed by atoms with van der Waals surface area (Å²) in [5.74, 6) is 0.475. The van der Waals surface area contributed by atoms with Crippen molar-refractivity contribution in [2.45, 2.75) is 57.8 Å². The van der Waals surface area contributed by atoms with Crippen molar-refractivity contribution in [2.75, 3.05) is 19.6 Å².